The fraction of sp³-hybridized carbons (Fsp3) is 0.222. The molecule has 0 bridgehead atoms. The summed E-state index contributed by atoms with van der Waals surface area (Å²) in [6.07, 6.45) is -0.783. The van der Waals surface area contributed by atoms with E-state index in [1.54, 1.807) is 0 Å². The summed E-state index contributed by atoms with van der Waals surface area (Å²) in [5.74, 6) is 0.440. The maximum Gasteiger partial charge on any atom is 0.426 e. The Morgan fingerprint density at radius 1 is 0.885 bits per heavy atom. The molecule has 0 heterocycles. The van der Waals surface area contributed by atoms with Crippen LogP contribution in [0.5, 0.6) is 17.2 Å². The van der Waals surface area contributed by atoms with E-state index < -0.39 is 12.0 Å². The van der Waals surface area contributed by atoms with Crippen molar-refractivity contribution >= 4 is 12.0 Å². The lowest BCUT2D eigenvalue weighted by atomic mass is 10.1. The van der Waals surface area contributed by atoms with E-state index in [1.807, 2.05) is 30.3 Å². The van der Waals surface area contributed by atoms with Crippen molar-refractivity contribution < 1.29 is 28.5 Å². The van der Waals surface area contributed by atoms with Crippen molar-refractivity contribution in [1.82, 2.24) is 10.9 Å². The summed E-state index contributed by atoms with van der Waals surface area (Å²) in [5, 5.41) is 0. The van der Waals surface area contributed by atoms with Crippen molar-refractivity contribution in [2.75, 3.05) is 21.3 Å². The topological polar surface area (TPSA) is 95.1 Å². The maximum absolute atomic E-state index is 12.2. The predicted octanol–water partition coefficient (Wildman–Crippen LogP) is 2.28. The number of hydrazine groups is 1. The lowest BCUT2D eigenvalue weighted by Crippen LogP contribution is -2.41. The molecule has 0 saturated heterocycles. The van der Waals surface area contributed by atoms with Gasteiger partial charge in [0.05, 0.1) is 21.3 Å². The second-order valence-electron chi connectivity index (χ2n) is 5.05. The summed E-state index contributed by atoms with van der Waals surface area (Å²) in [4.78, 5) is 23.9. The van der Waals surface area contributed by atoms with Gasteiger partial charge in [-0.05, 0) is 17.7 Å². The molecule has 0 spiro atoms. The van der Waals surface area contributed by atoms with Crippen LogP contribution in [-0.2, 0) is 11.3 Å². The van der Waals surface area contributed by atoms with Crippen LogP contribution in [-0.4, -0.2) is 33.3 Å². The highest BCUT2D eigenvalue weighted by molar-refractivity contribution is 5.96. The first-order valence-corrected chi connectivity index (χ1v) is 7.66. The molecule has 2 N–H and O–H groups in total. The van der Waals surface area contributed by atoms with E-state index in [4.69, 9.17) is 18.9 Å². The summed E-state index contributed by atoms with van der Waals surface area (Å²) >= 11 is 0. The average molecular weight is 360 g/mol. The van der Waals surface area contributed by atoms with Crippen molar-refractivity contribution in [3.63, 3.8) is 0 Å². The van der Waals surface area contributed by atoms with E-state index in [2.05, 4.69) is 10.9 Å². The third-order valence-electron chi connectivity index (χ3n) is 3.42. The Hall–Kier alpha value is -3.42. The summed E-state index contributed by atoms with van der Waals surface area (Å²) in [5.41, 5.74) is 5.48. The van der Waals surface area contributed by atoms with Crippen LogP contribution in [0.15, 0.2) is 42.5 Å². The second-order valence-corrected chi connectivity index (χ2v) is 5.05. The van der Waals surface area contributed by atoms with Crippen LogP contribution in [0.1, 0.15) is 15.9 Å². The lowest BCUT2D eigenvalue weighted by Gasteiger charge is -2.14. The Morgan fingerprint density at radius 2 is 1.50 bits per heavy atom. The smallest absolute Gasteiger partial charge is 0.426 e. The van der Waals surface area contributed by atoms with Gasteiger partial charge in [0.2, 0.25) is 5.75 Å². The fourth-order valence-electron chi connectivity index (χ4n) is 2.15. The number of hydrogen-bond donors (Lipinski definition) is 2. The number of ether oxygens (including phenoxy) is 4. The summed E-state index contributed by atoms with van der Waals surface area (Å²) < 4.78 is 20.6. The maximum atomic E-state index is 12.2. The Morgan fingerprint density at radius 3 is 2.04 bits per heavy atom. The molecule has 0 aliphatic heterocycles. The molecule has 8 heteroatoms. The highest BCUT2D eigenvalue weighted by atomic mass is 16.6. The van der Waals surface area contributed by atoms with Gasteiger partial charge < -0.3 is 18.9 Å². The van der Waals surface area contributed by atoms with Crippen LogP contribution < -0.4 is 25.1 Å². The zero-order valence-electron chi connectivity index (χ0n) is 14.7. The van der Waals surface area contributed by atoms with E-state index >= 15 is 0 Å². The van der Waals surface area contributed by atoms with E-state index in [0.29, 0.717) is 17.2 Å². The fourth-order valence-corrected chi connectivity index (χ4v) is 2.15. The van der Waals surface area contributed by atoms with Crippen molar-refractivity contribution in [2.24, 2.45) is 0 Å². The zero-order chi connectivity index (χ0) is 18.9. The van der Waals surface area contributed by atoms with Crippen molar-refractivity contribution in [2.45, 2.75) is 6.61 Å². The van der Waals surface area contributed by atoms with Gasteiger partial charge in [-0.25, -0.2) is 10.2 Å². The largest absolute Gasteiger partial charge is 0.493 e. The quantitative estimate of drug-likeness (QED) is 0.768. The number of hydrogen-bond acceptors (Lipinski definition) is 6. The van der Waals surface area contributed by atoms with Crippen LogP contribution in [0.3, 0.4) is 0 Å². The van der Waals surface area contributed by atoms with Gasteiger partial charge in [-0.15, -0.1) is 0 Å². The number of amides is 2. The lowest BCUT2D eigenvalue weighted by molar-refractivity contribution is 0.0904. The van der Waals surface area contributed by atoms with Crippen molar-refractivity contribution in [3.8, 4) is 17.2 Å². The minimum absolute atomic E-state index is 0.0900. The Kier molecular flexibility index (Phi) is 6.67. The van der Waals surface area contributed by atoms with E-state index in [1.165, 1.54) is 33.5 Å². The molecule has 2 aromatic carbocycles. The molecule has 0 unspecified atom stereocenters. The monoisotopic (exact) mass is 360 g/mol. The Labute approximate surface area is 151 Å². The molecule has 2 rings (SSSR count). The summed E-state index contributed by atoms with van der Waals surface area (Å²) in [6, 6.07) is 12.1. The van der Waals surface area contributed by atoms with Gasteiger partial charge in [0.15, 0.2) is 11.5 Å². The number of carbonyl (C=O) groups is 2. The Bertz CT molecular complexity index is 739. The zero-order valence-corrected chi connectivity index (χ0v) is 14.7. The van der Waals surface area contributed by atoms with E-state index in [9.17, 15) is 9.59 Å². The van der Waals surface area contributed by atoms with E-state index in [0.717, 1.165) is 5.56 Å². The average Bonchev–Trinajstić information content (AvgIpc) is 2.69. The molecular formula is C18H20N2O6. The van der Waals surface area contributed by atoms with Gasteiger partial charge >= 0.3 is 6.09 Å². The molecule has 0 aliphatic carbocycles. The number of rotatable bonds is 6. The molecule has 0 aliphatic rings. The van der Waals surface area contributed by atoms with Gasteiger partial charge in [0.25, 0.3) is 5.91 Å². The molecule has 8 nitrogen and oxygen atoms in total. The van der Waals surface area contributed by atoms with Crippen LogP contribution in [0.25, 0.3) is 0 Å². The molecular weight excluding hydrogens is 340 g/mol. The highest BCUT2D eigenvalue weighted by Crippen LogP contribution is 2.38. The van der Waals surface area contributed by atoms with Crippen LogP contribution in [0, 0.1) is 0 Å². The van der Waals surface area contributed by atoms with Gasteiger partial charge in [-0.3, -0.25) is 10.2 Å². The molecule has 0 fully saturated rings. The molecule has 0 aromatic heterocycles. The molecule has 138 valence electrons. The standard InChI is InChI=1S/C18H20N2O6/c1-23-14-9-13(10-15(24-2)16(14)25-3)17(21)19-20-18(22)26-11-12-7-5-4-6-8-12/h4-10H,11H2,1-3H3,(H,19,21)(H,20,22). The van der Waals surface area contributed by atoms with Gasteiger partial charge in [0.1, 0.15) is 6.61 Å². The molecule has 0 saturated carbocycles. The predicted molar refractivity (Wildman–Crippen MR) is 93.3 cm³/mol. The van der Waals surface area contributed by atoms with Crippen LogP contribution >= 0.6 is 0 Å². The van der Waals surface area contributed by atoms with Crippen LogP contribution in [0.4, 0.5) is 4.79 Å². The van der Waals surface area contributed by atoms with Gasteiger partial charge in [0, 0.05) is 5.56 Å². The normalized spacial score (nSPS) is 9.81. The van der Waals surface area contributed by atoms with Crippen molar-refractivity contribution in [1.29, 1.82) is 0 Å². The number of methoxy groups -OCH3 is 3. The Balaban J connectivity index is 1.95. The van der Waals surface area contributed by atoms with Crippen LogP contribution in [0.2, 0.25) is 0 Å². The highest BCUT2D eigenvalue weighted by Gasteiger charge is 2.17. The van der Waals surface area contributed by atoms with Crippen molar-refractivity contribution in [3.05, 3.63) is 53.6 Å². The third kappa shape index (κ3) is 4.79. The molecule has 0 atom stereocenters. The molecule has 0 radical (unpaired) electrons. The number of nitrogens with one attached hydrogen (secondary N) is 2. The SMILES string of the molecule is COc1cc(C(=O)NNC(=O)OCc2ccccc2)cc(OC)c1OC. The number of benzene rings is 2. The summed E-state index contributed by atoms with van der Waals surface area (Å²) in [7, 11) is 4.35. The molecule has 26 heavy (non-hydrogen) atoms. The first-order chi connectivity index (χ1) is 12.6. The first-order valence-electron chi connectivity index (χ1n) is 7.66. The van der Waals surface area contributed by atoms with Gasteiger partial charge in [-0.2, -0.15) is 0 Å². The second kappa shape index (κ2) is 9.16. The van der Waals surface area contributed by atoms with E-state index in [-0.39, 0.29) is 12.2 Å². The molecule has 2 aromatic rings. The minimum Gasteiger partial charge on any atom is -0.493 e. The number of carbonyl (C=O) groups excluding carboxylic acids is 2. The first kappa shape index (κ1) is 18.9. The minimum atomic E-state index is -0.783. The third-order valence-corrected chi connectivity index (χ3v) is 3.42. The van der Waals surface area contributed by atoms with Gasteiger partial charge in [-0.1, -0.05) is 30.3 Å². The summed E-state index contributed by atoms with van der Waals surface area (Å²) in [6.45, 7) is 0.0900. The molecule has 2 amide bonds.